The van der Waals surface area contributed by atoms with Crippen LogP contribution in [0, 0.1) is 28.6 Å². The molecule has 2 aliphatic rings. The summed E-state index contributed by atoms with van der Waals surface area (Å²) >= 11 is 0. The molecule has 6 atom stereocenters. The number of allylic oxidation sites excluding steroid dienone is 1. The van der Waals surface area contributed by atoms with Gasteiger partial charge < -0.3 is 15.3 Å². The summed E-state index contributed by atoms with van der Waals surface area (Å²) in [6, 6.07) is 0. The summed E-state index contributed by atoms with van der Waals surface area (Å²) in [6.45, 7) is 8.61. The van der Waals surface area contributed by atoms with Gasteiger partial charge in [0.2, 0.25) is 0 Å². The second-order valence-electron chi connectivity index (χ2n) is 8.77. The van der Waals surface area contributed by atoms with Gasteiger partial charge in [0.15, 0.2) is 0 Å². The number of hydrogen-bond donors (Lipinski definition) is 3. The number of carboxylic acids is 1. The zero-order valence-corrected chi connectivity index (χ0v) is 15.6. The number of aliphatic hydroxyl groups is 2. The fourth-order valence-corrected chi connectivity index (χ4v) is 4.94. The SMILES string of the molecule is C[C@H](CC[C@@]1(C)[C@H](C)CC=C2[C@@H]1CC[C@H](O)[C@@]2(C)CO)CC(=O)O. The van der Waals surface area contributed by atoms with Crippen LogP contribution in [0.1, 0.15) is 66.2 Å². The van der Waals surface area contributed by atoms with E-state index in [1.807, 2.05) is 13.8 Å². The van der Waals surface area contributed by atoms with Crippen molar-refractivity contribution in [3.8, 4) is 0 Å². The fraction of sp³-hybridized carbons (Fsp3) is 0.850. The predicted molar refractivity (Wildman–Crippen MR) is 94.5 cm³/mol. The Kier molecular flexibility index (Phi) is 5.81. The van der Waals surface area contributed by atoms with Crippen LogP contribution in [-0.4, -0.2) is 34.0 Å². The number of hydrogen-bond acceptors (Lipinski definition) is 3. The zero-order valence-electron chi connectivity index (χ0n) is 15.6. The van der Waals surface area contributed by atoms with Crippen molar-refractivity contribution in [3.05, 3.63) is 11.6 Å². The molecule has 0 radical (unpaired) electrons. The second-order valence-corrected chi connectivity index (χ2v) is 8.77. The van der Waals surface area contributed by atoms with Crippen molar-refractivity contribution in [3.63, 3.8) is 0 Å². The zero-order chi connectivity index (χ0) is 18.1. The van der Waals surface area contributed by atoms with Crippen LogP contribution in [-0.2, 0) is 4.79 Å². The Morgan fingerprint density at radius 3 is 2.62 bits per heavy atom. The van der Waals surface area contributed by atoms with Crippen molar-refractivity contribution in [2.24, 2.45) is 28.6 Å². The standard InChI is InChI=1S/C20H34O4/c1-13(11-18(23)24)9-10-19(3)14(2)5-6-16-15(19)7-8-17(22)20(16,4)12-21/h6,13-15,17,21-22H,5,7-12H2,1-4H3,(H,23,24)/t13-,14-,15+,17+,19+,20+/m1/s1. The second kappa shape index (κ2) is 7.17. The summed E-state index contributed by atoms with van der Waals surface area (Å²) in [5.41, 5.74) is 0.806. The third-order valence-electron chi connectivity index (χ3n) is 7.14. The van der Waals surface area contributed by atoms with Gasteiger partial charge in [-0.15, -0.1) is 0 Å². The maximum absolute atomic E-state index is 10.9. The van der Waals surface area contributed by atoms with Crippen molar-refractivity contribution in [1.82, 2.24) is 0 Å². The molecule has 0 aromatic carbocycles. The predicted octanol–water partition coefficient (Wildman–Crippen LogP) is 3.62. The van der Waals surface area contributed by atoms with E-state index in [-0.39, 0.29) is 24.4 Å². The van der Waals surface area contributed by atoms with Crippen LogP contribution in [0.15, 0.2) is 11.6 Å². The largest absolute Gasteiger partial charge is 0.481 e. The third kappa shape index (κ3) is 3.41. The minimum Gasteiger partial charge on any atom is -0.481 e. The third-order valence-corrected chi connectivity index (χ3v) is 7.14. The number of aliphatic carboxylic acids is 1. The molecule has 138 valence electrons. The summed E-state index contributed by atoms with van der Waals surface area (Å²) < 4.78 is 0. The molecule has 0 heterocycles. The van der Waals surface area contributed by atoms with Gasteiger partial charge >= 0.3 is 5.97 Å². The number of carboxylic acid groups (broad SMARTS) is 1. The summed E-state index contributed by atoms with van der Waals surface area (Å²) in [6.07, 6.45) is 6.58. The molecule has 24 heavy (non-hydrogen) atoms. The Hall–Kier alpha value is -0.870. The Morgan fingerprint density at radius 1 is 1.38 bits per heavy atom. The first-order valence-electron chi connectivity index (χ1n) is 9.36. The highest BCUT2D eigenvalue weighted by Gasteiger charge is 2.52. The van der Waals surface area contributed by atoms with E-state index in [2.05, 4.69) is 19.9 Å². The van der Waals surface area contributed by atoms with Gasteiger partial charge in [0.25, 0.3) is 0 Å². The van der Waals surface area contributed by atoms with Gasteiger partial charge in [-0.2, -0.15) is 0 Å². The Bertz CT molecular complexity index is 500. The first kappa shape index (κ1) is 19.5. The number of carbonyl (C=O) groups is 1. The summed E-state index contributed by atoms with van der Waals surface area (Å²) in [4.78, 5) is 10.9. The lowest BCUT2D eigenvalue weighted by Crippen LogP contribution is -2.51. The number of fused-ring (bicyclic) bond motifs is 1. The molecule has 2 rings (SSSR count). The van der Waals surface area contributed by atoms with Gasteiger partial charge in [-0.1, -0.05) is 39.3 Å². The lowest BCUT2D eigenvalue weighted by Gasteiger charge is -2.55. The summed E-state index contributed by atoms with van der Waals surface area (Å²) in [5, 5.41) is 29.4. The molecule has 2 aliphatic carbocycles. The Balaban J connectivity index is 2.21. The molecule has 4 heteroatoms. The molecule has 0 spiro atoms. The van der Waals surface area contributed by atoms with Crippen LogP contribution in [0.4, 0.5) is 0 Å². The van der Waals surface area contributed by atoms with E-state index in [9.17, 15) is 15.0 Å². The molecule has 0 bridgehead atoms. The van der Waals surface area contributed by atoms with Gasteiger partial charge in [-0.25, -0.2) is 0 Å². The molecule has 0 saturated heterocycles. The smallest absolute Gasteiger partial charge is 0.303 e. The van der Waals surface area contributed by atoms with E-state index >= 15 is 0 Å². The summed E-state index contributed by atoms with van der Waals surface area (Å²) in [5.74, 6) is 0.359. The van der Waals surface area contributed by atoms with Crippen LogP contribution in [0.3, 0.4) is 0 Å². The van der Waals surface area contributed by atoms with Crippen molar-refractivity contribution in [1.29, 1.82) is 0 Å². The molecule has 0 aliphatic heterocycles. The molecule has 1 saturated carbocycles. The lowest BCUT2D eigenvalue weighted by atomic mass is 9.51. The fourth-order valence-electron chi connectivity index (χ4n) is 4.94. The number of rotatable bonds is 6. The molecule has 0 aromatic heterocycles. The maximum Gasteiger partial charge on any atom is 0.303 e. The highest BCUT2D eigenvalue weighted by Crippen LogP contribution is 2.58. The van der Waals surface area contributed by atoms with Gasteiger partial charge in [-0.3, -0.25) is 4.79 Å². The molecular weight excluding hydrogens is 304 g/mol. The van der Waals surface area contributed by atoms with Gasteiger partial charge in [0.05, 0.1) is 12.7 Å². The maximum atomic E-state index is 10.9. The van der Waals surface area contributed by atoms with Crippen LogP contribution in [0.2, 0.25) is 0 Å². The molecular formula is C20H34O4. The lowest BCUT2D eigenvalue weighted by molar-refractivity contribution is -0.138. The molecule has 4 nitrogen and oxygen atoms in total. The van der Waals surface area contributed by atoms with E-state index in [0.717, 1.165) is 32.1 Å². The van der Waals surface area contributed by atoms with E-state index in [1.165, 1.54) is 5.57 Å². The average Bonchev–Trinajstić information content (AvgIpc) is 2.52. The average molecular weight is 338 g/mol. The van der Waals surface area contributed by atoms with Gasteiger partial charge in [0, 0.05) is 11.8 Å². The van der Waals surface area contributed by atoms with Crippen LogP contribution in [0.25, 0.3) is 0 Å². The van der Waals surface area contributed by atoms with Crippen molar-refractivity contribution < 1.29 is 20.1 Å². The quantitative estimate of drug-likeness (QED) is 0.646. The Labute approximate surface area is 146 Å². The number of aliphatic hydroxyl groups excluding tert-OH is 2. The highest BCUT2D eigenvalue weighted by molar-refractivity contribution is 5.66. The highest BCUT2D eigenvalue weighted by atomic mass is 16.4. The van der Waals surface area contributed by atoms with Crippen molar-refractivity contribution in [2.75, 3.05) is 6.61 Å². The van der Waals surface area contributed by atoms with E-state index in [0.29, 0.717) is 11.8 Å². The minimum absolute atomic E-state index is 0.0175. The van der Waals surface area contributed by atoms with E-state index in [1.54, 1.807) is 0 Å². The monoisotopic (exact) mass is 338 g/mol. The minimum atomic E-state index is -0.724. The van der Waals surface area contributed by atoms with E-state index < -0.39 is 17.5 Å². The first-order chi connectivity index (χ1) is 11.1. The molecule has 0 amide bonds. The molecule has 0 aromatic rings. The van der Waals surface area contributed by atoms with E-state index in [4.69, 9.17) is 5.11 Å². The molecule has 3 N–H and O–H groups in total. The molecule has 1 fully saturated rings. The van der Waals surface area contributed by atoms with Crippen LogP contribution < -0.4 is 0 Å². The first-order valence-corrected chi connectivity index (χ1v) is 9.36. The summed E-state index contributed by atoms with van der Waals surface area (Å²) in [7, 11) is 0. The topological polar surface area (TPSA) is 77.8 Å². The van der Waals surface area contributed by atoms with Crippen molar-refractivity contribution in [2.45, 2.75) is 72.3 Å². The van der Waals surface area contributed by atoms with Crippen molar-refractivity contribution >= 4 is 5.97 Å². The molecule has 0 unspecified atom stereocenters. The van der Waals surface area contributed by atoms with Gasteiger partial charge in [-0.05, 0) is 55.3 Å². The Morgan fingerprint density at radius 2 is 2.04 bits per heavy atom. The normalized spacial score (nSPS) is 40.6. The van der Waals surface area contributed by atoms with Crippen LogP contribution >= 0.6 is 0 Å². The van der Waals surface area contributed by atoms with Crippen LogP contribution in [0.5, 0.6) is 0 Å². The van der Waals surface area contributed by atoms with Gasteiger partial charge in [0.1, 0.15) is 0 Å².